The van der Waals surface area contributed by atoms with Crippen molar-refractivity contribution in [1.29, 1.82) is 0 Å². The first-order valence-electron chi connectivity index (χ1n) is 7.88. The maximum atomic E-state index is 13.2. The molecule has 1 heterocycles. The number of hydrogen-bond acceptors (Lipinski definition) is 3. The van der Waals surface area contributed by atoms with Gasteiger partial charge in [0.15, 0.2) is 0 Å². The van der Waals surface area contributed by atoms with Gasteiger partial charge < -0.3 is 5.32 Å². The van der Waals surface area contributed by atoms with Crippen LogP contribution in [0.25, 0.3) is 0 Å². The standard InChI is InChI=1S/C16H21FN2O3S/c1-23(21,22)19-8-2-3-12(10-19)16(20)18-15-7-4-11-9-13(17)5-6-14(11)15/h5-6,9,12,15H,2-4,7-8,10H2,1H3,(H,18,20)/t12-,15+/m1/s1. The molecular formula is C16H21FN2O3S. The van der Waals surface area contributed by atoms with Gasteiger partial charge in [-0.15, -0.1) is 0 Å². The van der Waals surface area contributed by atoms with Gasteiger partial charge in [0.1, 0.15) is 5.82 Å². The molecule has 3 rings (SSSR count). The van der Waals surface area contributed by atoms with Crippen LogP contribution in [0.1, 0.15) is 36.4 Å². The van der Waals surface area contributed by atoms with E-state index in [0.717, 1.165) is 24.0 Å². The minimum absolute atomic E-state index is 0.105. The van der Waals surface area contributed by atoms with Gasteiger partial charge in [-0.3, -0.25) is 4.79 Å². The normalized spacial score (nSPS) is 25.1. The highest BCUT2D eigenvalue weighted by atomic mass is 32.2. The van der Waals surface area contributed by atoms with E-state index >= 15 is 0 Å². The summed E-state index contributed by atoms with van der Waals surface area (Å²) in [5.41, 5.74) is 1.91. The van der Waals surface area contributed by atoms with E-state index in [0.29, 0.717) is 19.4 Å². The third kappa shape index (κ3) is 3.55. The average Bonchev–Trinajstić information content (AvgIpc) is 2.88. The van der Waals surface area contributed by atoms with Crippen LogP contribution in [0.4, 0.5) is 4.39 Å². The second-order valence-corrected chi connectivity index (χ2v) is 8.39. The van der Waals surface area contributed by atoms with Gasteiger partial charge in [-0.2, -0.15) is 0 Å². The minimum atomic E-state index is -3.26. The van der Waals surface area contributed by atoms with Crippen LogP contribution in [-0.2, 0) is 21.2 Å². The molecule has 0 saturated carbocycles. The fourth-order valence-electron chi connectivity index (χ4n) is 3.48. The number of carbonyl (C=O) groups excluding carboxylic acids is 1. The number of piperidine rings is 1. The van der Waals surface area contributed by atoms with E-state index < -0.39 is 10.0 Å². The lowest BCUT2D eigenvalue weighted by molar-refractivity contribution is -0.126. The zero-order valence-electron chi connectivity index (χ0n) is 13.1. The lowest BCUT2D eigenvalue weighted by Crippen LogP contribution is -2.45. The number of fused-ring (bicyclic) bond motifs is 1. The quantitative estimate of drug-likeness (QED) is 0.909. The number of sulfonamides is 1. The monoisotopic (exact) mass is 340 g/mol. The van der Waals surface area contributed by atoms with Crippen molar-refractivity contribution in [1.82, 2.24) is 9.62 Å². The highest BCUT2D eigenvalue weighted by Crippen LogP contribution is 2.32. The second kappa shape index (κ2) is 6.20. The zero-order valence-corrected chi connectivity index (χ0v) is 13.9. The minimum Gasteiger partial charge on any atom is -0.349 e. The number of aryl methyl sites for hydroxylation is 1. The predicted octanol–water partition coefficient (Wildman–Crippen LogP) is 1.60. The summed E-state index contributed by atoms with van der Waals surface area (Å²) in [6, 6.07) is 4.56. The highest BCUT2D eigenvalue weighted by molar-refractivity contribution is 7.88. The smallest absolute Gasteiger partial charge is 0.224 e. The SMILES string of the molecule is CS(=O)(=O)N1CCC[C@@H](C(=O)N[C@H]2CCc3cc(F)ccc32)C1. The topological polar surface area (TPSA) is 66.5 Å². The van der Waals surface area contributed by atoms with Gasteiger partial charge in [0.05, 0.1) is 18.2 Å². The molecule has 1 amide bonds. The largest absolute Gasteiger partial charge is 0.349 e. The Hall–Kier alpha value is -1.47. The molecule has 23 heavy (non-hydrogen) atoms. The molecular weight excluding hydrogens is 319 g/mol. The van der Waals surface area contributed by atoms with Crippen molar-refractivity contribution in [2.24, 2.45) is 5.92 Å². The van der Waals surface area contributed by atoms with Crippen molar-refractivity contribution >= 4 is 15.9 Å². The number of benzene rings is 1. The van der Waals surface area contributed by atoms with Crippen molar-refractivity contribution in [3.63, 3.8) is 0 Å². The molecule has 1 N–H and O–H groups in total. The van der Waals surface area contributed by atoms with Crippen LogP contribution in [0.3, 0.4) is 0 Å². The third-order valence-electron chi connectivity index (χ3n) is 4.72. The van der Waals surface area contributed by atoms with Crippen LogP contribution < -0.4 is 5.32 Å². The van der Waals surface area contributed by atoms with E-state index in [4.69, 9.17) is 0 Å². The Labute approximate surface area is 135 Å². The van der Waals surface area contributed by atoms with E-state index in [1.807, 2.05) is 0 Å². The molecule has 1 saturated heterocycles. The van der Waals surface area contributed by atoms with E-state index in [-0.39, 0.29) is 30.2 Å². The van der Waals surface area contributed by atoms with Gasteiger partial charge in [0.2, 0.25) is 15.9 Å². The lowest BCUT2D eigenvalue weighted by Gasteiger charge is -2.31. The summed E-state index contributed by atoms with van der Waals surface area (Å²) in [6.07, 6.45) is 4.07. The fraction of sp³-hybridized carbons (Fsp3) is 0.562. The molecule has 5 nitrogen and oxygen atoms in total. The molecule has 0 radical (unpaired) electrons. The zero-order chi connectivity index (χ0) is 16.6. The molecule has 1 fully saturated rings. The Morgan fingerprint density at radius 1 is 1.35 bits per heavy atom. The van der Waals surface area contributed by atoms with Gasteiger partial charge in [-0.25, -0.2) is 17.1 Å². The number of amides is 1. The molecule has 0 bridgehead atoms. The summed E-state index contributed by atoms with van der Waals surface area (Å²) < 4.78 is 37.9. The number of hydrogen-bond donors (Lipinski definition) is 1. The Morgan fingerprint density at radius 3 is 2.87 bits per heavy atom. The van der Waals surface area contributed by atoms with Crippen molar-refractivity contribution < 1.29 is 17.6 Å². The Morgan fingerprint density at radius 2 is 2.13 bits per heavy atom. The molecule has 1 aromatic carbocycles. The molecule has 1 aromatic rings. The van der Waals surface area contributed by atoms with Gasteiger partial charge in [-0.1, -0.05) is 6.07 Å². The Bertz CT molecular complexity index is 720. The lowest BCUT2D eigenvalue weighted by atomic mass is 9.98. The summed E-state index contributed by atoms with van der Waals surface area (Å²) in [7, 11) is -3.26. The van der Waals surface area contributed by atoms with Crippen molar-refractivity contribution in [3.8, 4) is 0 Å². The maximum Gasteiger partial charge on any atom is 0.224 e. The fourth-order valence-corrected chi connectivity index (χ4v) is 4.39. The molecule has 0 spiro atoms. The molecule has 0 unspecified atom stereocenters. The molecule has 1 aliphatic carbocycles. The highest BCUT2D eigenvalue weighted by Gasteiger charge is 2.32. The Balaban J connectivity index is 1.67. The van der Waals surface area contributed by atoms with Crippen molar-refractivity contribution in [2.75, 3.05) is 19.3 Å². The summed E-state index contributed by atoms with van der Waals surface area (Å²) in [4.78, 5) is 12.5. The molecule has 7 heteroatoms. The van der Waals surface area contributed by atoms with Crippen molar-refractivity contribution in [3.05, 3.63) is 35.1 Å². The van der Waals surface area contributed by atoms with E-state index in [1.165, 1.54) is 22.7 Å². The first kappa shape index (κ1) is 16.4. The third-order valence-corrected chi connectivity index (χ3v) is 5.99. The van der Waals surface area contributed by atoms with Crippen LogP contribution in [-0.4, -0.2) is 38.0 Å². The second-order valence-electron chi connectivity index (χ2n) is 6.40. The first-order valence-corrected chi connectivity index (χ1v) is 9.73. The number of nitrogens with one attached hydrogen (secondary N) is 1. The van der Waals surface area contributed by atoms with Crippen LogP contribution in [0, 0.1) is 11.7 Å². The molecule has 2 aliphatic rings. The average molecular weight is 340 g/mol. The van der Waals surface area contributed by atoms with Crippen LogP contribution in [0.2, 0.25) is 0 Å². The first-order chi connectivity index (χ1) is 10.8. The molecule has 2 atom stereocenters. The predicted molar refractivity (Wildman–Crippen MR) is 84.7 cm³/mol. The number of nitrogens with zero attached hydrogens (tertiary/aromatic N) is 1. The number of carbonyl (C=O) groups is 1. The summed E-state index contributed by atoms with van der Waals surface area (Å²) in [5, 5.41) is 3.01. The molecule has 126 valence electrons. The molecule has 1 aliphatic heterocycles. The number of halogens is 1. The van der Waals surface area contributed by atoms with E-state index in [9.17, 15) is 17.6 Å². The van der Waals surface area contributed by atoms with Gasteiger partial charge in [0, 0.05) is 13.1 Å². The van der Waals surface area contributed by atoms with Crippen LogP contribution >= 0.6 is 0 Å². The van der Waals surface area contributed by atoms with Crippen LogP contribution in [0.15, 0.2) is 18.2 Å². The van der Waals surface area contributed by atoms with Gasteiger partial charge in [-0.05, 0) is 48.9 Å². The number of rotatable bonds is 3. The van der Waals surface area contributed by atoms with Gasteiger partial charge in [0.25, 0.3) is 0 Å². The van der Waals surface area contributed by atoms with Crippen LogP contribution in [0.5, 0.6) is 0 Å². The Kier molecular flexibility index (Phi) is 4.42. The van der Waals surface area contributed by atoms with Gasteiger partial charge >= 0.3 is 0 Å². The summed E-state index contributed by atoms with van der Waals surface area (Å²) in [5.74, 6) is -0.685. The summed E-state index contributed by atoms with van der Waals surface area (Å²) >= 11 is 0. The van der Waals surface area contributed by atoms with E-state index in [1.54, 1.807) is 6.07 Å². The summed E-state index contributed by atoms with van der Waals surface area (Å²) in [6.45, 7) is 0.724. The van der Waals surface area contributed by atoms with E-state index in [2.05, 4.69) is 5.32 Å². The molecule has 0 aromatic heterocycles. The maximum absolute atomic E-state index is 13.2. The van der Waals surface area contributed by atoms with Crippen molar-refractivity contribution in [2.45, 2.75) is 31.7 Å².